The van der Waals surface area contributed by atoms with Gasteiger partial charge in [0, 0.05) is 17.8 Å². The van der Waals surface area contributed by atoms with Crippen molar-refractivity contribution in [3.05, 3.63) is 24.2 Å². The van der Waals surface area contributed by atoms with Gasteiger partial charge in [-0.05, 0) is 80.5 Å². The van der Waals surface area contributed by atoms with Gasteiger partial charge >= 0.3 is 0 Å². The molecule has 0 N–H and O–H groups in total. The van der Waals surface area contributed by atoms with Crippen LogP contribution in [-0.4, -0.2) is 21.2 Å². The van der Waals surface area contributed by atoms with Crippen molar-refractivity contribution >= 4 is 5.65 Å². The lowest BCUT2D eigenvalue weighted by Crippen LogP contribution is -2.15. The van der Waals surface area contributed by atoms with Crippen molar-refractivity contribution < 1.29 is 4.74 Å². The second-order valence-electron chi connectivity index (χ2n) is 8.77. The van der Waals surface area contributed by atoms with E-state index in [0.717, 1.165) is 47.6 Å². The molecule has 2 bridgehead atoms. The molecule has 4 aliphatic rings. The van der Waals surface area contributed by atoms with E-state index in [2.05, 4.69) is 22.5 Å². The van der Waals surface area contributed by atoms with E-state index >= 15 is 0 Å². The second-order valence-corrected chi connectivity index (χ2v) is 8.77. The fourth-order valence-corrected chi connectivity index (χ4v) is 6.17. The van der Waals surface area contributed by atoms with E-state index in [9.17, 15) is 0 Å². The fraction of sp³-hybridized carbons (Fsp3) is 0.700. The Kier molecular flexibility index (Phi) is 2.83. The summed E-state index contributed by atoms with van der Waals surface area (Å²) in [6.45, 7) is 0.899. The minimum atomic E-state index is 0.686. The van der Waals surface area contributed by atoms with Crippen LogP contribution in [0.15, 0.2) is 18.6 Å². The smallest absolute Gasteiger partial charge is 0.164 e. The third kappa shape index (κ3) is 2.04. The zero-order valence-corrected chi connectivity index (χ0v) is 14.1. The zero-order chi connectivity index (χ0) is 15.7. The number of aromatic nitrogens is 3. The van der Waals surface area contributed by atoms with Crippen molar-refractivity contribution in [3.63, 3.8) is 0 Å². The van der Waals surface area contributed by atoms with Crippen LogP contribution in [0.25, 0.3) is 5.65 Å². The Balaban J connectivity index is 1.20. The molecule has 4 heteroatoms. The first-order valence-electron chi connectivity index (χ1n) is 9.81. The van der Waals surface area contributed by atoms with Crippen molar-refractivity contribution in [2.24, 2.45) is 29.6 Å². The van der Waals surface area contributed by atoms with Crippen molar-refractivity contribution in [2.75, 3.05) is 6.61 Å². The highest BCUT2D eigenvalue weighted by atomic mass is 16.5. The molecule has 2 aromatic rings. The second kappa shape index (κ2) is 4.96. The van der Waals surface area contributed by atoms with E-state index < -0.39 is 0 Å². The van der Waals surface area contributed by atoms with E-state index in [1.54, 1.807) is 6.33 Å². The predicted octanol–water partition coefficient (Wildman–Crippen LogP) is 4.06. The normalized spacial score (nSPS) is 37.2. The van der Waals surface area contributed by atoms with Crippen LogP contribution in [0.2, 0.25) is 0 Å². The van der Waals surface area contributed by atoms with Gasteiger partial charge in [0.1, 0.15) is 12.1 Å². The van der Waals surface area contributed by atoms with E-state index in [0.29, 0.717) is 5.92 Å². The number of nitrogens with zero attached hydrogens (tertiary/aromatic N) is 3. The summed E-state index contributed by atoms with van der Waals surface area (Å²) in [5.41, 5.74) is 2.26. The van der Waals surface area contributed by atoms with Gasteiger partial charge < -0.3 is 4.74 Å². The average molecular weight is 323 g/mol. The van der Waals surface area contributed by atoms with Crippen LogP contribution >= 0.6 is 0 Å². The molecule has 4 saturated carbocycles. The summed E-state index contributed by atoms with van der Waals surface area (Å²) in [5.74, 6) is 6.69. The largest absolute Gasteiger partial charge is 0.493 e. The van der Waals surface area contributed by atoms with Gasteiger partial charge in [0.15, 0.2) is 5.65 Å². The van der Waals surface area contributed by atoms with Crippen LogP contribution < -0.4 is 4.74 Å². The summed E-state index contributed by atoms with van der Waals surface area (Å²) in [5, 5.41) is 8.21. The summed E-state index contributed by atoms with van der Waals surface area (Å²) in [6.07, 6.45) is 13.9. The summed E-state index contributed by atoms with van der Waals surface area (Å²) < 4.78 is 8.40. The standard InChI is InChI=1S/C20H25N3O/c1-2-13(1)18-9-23-11-21-22-20(23)8-19(18)24-10-12-5-16-14-3-4-15(7-14)17(16)6-12/h8-9,11-17H,1-7,10H2/t12?,14-,15+,16+,17-. The van der Waals surface area contributed by atoms with Gasteiger partial charge in [-0.25, -0.2) is 0 Å². The van der Waals surface area contributed by atoms with Crippen LogP contribution in [0.5, 0.6) is 5.75 Å². The third-order valence-corrected chi connectivity index (χ3v) is 7.40. The lowest BCUT2D eigenvalue weighted by Gasteiger charge is -2.23. The Morgan fingerprint density at radius 3 is 2.58 bits per heavy atom. The number of pyridine rings is 1. The number of hydrogen-bond donors (Lipinski definition) is 0. The SMILES string of the molecule is c1c(OCC2C[C@@H]3[C@H]4CC[C@H](C4)[C@@H]3C2)c(C2CC2)cn2cnnc12. The average Bonchev–Trinajstić information content (AvgIpc) is 2.98. The maximum absolute atomic E-state index is 6.37. The Morgan fingerprint density at radius 1 is 1.04 bits per heavy atom. The van der Waals surface area contributed by atoms with Gasteiger partial charge in [-0.3, -0.25) is 4.40 Å². The molecule has 6 rings (SSSR count). The summed E-state index contributed by atoms with van der Waals surface area (Å²) >= 11 is 0. The number of ether oxygens (including phenoxy) is 1. The molecule has 4 nitrogen and oxygen atoms in total. The number of fused-ring (bicyclic) bond motifs is 6. The molecule has 4 aliphatic carbocycles. The van der Waals surface area contributed by atoms with E-state index in [-0.39, 0.29) is 0 Å². The molecular weight excluding hydrogens is 298 g/mol. The summed E-state index contributed by atoms with van der Waals surface area (Å²) in [4.78, 5) is 0. The zero-order valence-electron chi connectivity index (χ0n) is 14.1. The molecule has 0 radical (unpaired) electrons. The minimum Gasteiger partial charge on any atom is -0.493 e. The Hall–Kier alpha value is -1.58. The first-order valence-corrected chi connectivity index (χ1v) is 9.81. The molecular formula is C20H25N3O. The first-order chi connectivity index (χ1) is 11.8. The van der Waals surface area contributed by atoms with E-state index in [1.807, 2.05) is 4.40 Å². The van der Waals surface area contributed by atoms with Crippen LogP contribution in [0.3, 0.4) is 0 Å². The minimum absolute atomic E-state index is 0.686. The molecule has 2 aromatic heterocycles. The third-order valence-electron chi connectivity index (χ3n) is 7.40. The molecule has 0 spiro atoms. The van der Waals surface area contributed by atoms with Gasteiger partial charge in [0.2, 0.25) is 0 Å². The van der Waals surface area contributed by atoms with E-state index in [4.69, 9.17) is 4.74 Å². The highest BCUT2D eigenvalue weighted by Crippen LogP contribution is 2.60. The molecule has 1 unspecified atom stereocenters. The maximum atomic E-state index is 6.37. The molecule has 24 heavy (non-hydrogen) atoms. The van der Waals surface area contributed by atoms with Crippen LogP contribution in [0.4, 0.5) is 0 Å². The highest BCUT2D eigenvalue weighted by Gasteiger charge is 2.51. The fourth-order valence-electron chi connectivity index (χ4n) is 6.17. The summed E-state index contributed by atoms with van der Waals surface area (Å²) in [6, 6.07) is 2.10. The maximum Gasteiger partial charge on any atom is 0.164 e. The van der Waals surface area contributed by atoms with Gasteiger partial charge in [0.05, 0.1) is 6.61 Å². The molecule has 126 valence electrons. The first kappa shape index (κ1) is 13.7. The van der Waals surface area contributed by atoms with Crippen LogP contribution in [-0.2, 0) is 0 Å². The van der Waals surface area contributed by atoms with Crippen molar-refractivity contribution in [2.45, 2.75) is 50.9 Å². The Bertz CT molecular complexity index is 762. The molecule has 0 amide bonds. The van der Waals surface area contributed by atoms with Crippen LogP contribution in [0.1, 0.15) is 56.4 Å². The molecule has 4 fully saturated rings. The van der Waals surface area contributed by atoms with E-state index in [1.165, 1.54) is 50.5 Å². The molecule has 0 saturated heterocycles. The Morgan fingerprint density at radius 2 is 1.83 bits per heavy atom. The topological polar surface area (TPSA) is 39.4 Å². The van der Waals surface area contributed by atoms with Gasteiger partial charge in [-0.1, -0.05) is 0 Å². The molecule has 2 heterocycles. The Labute approximate surface area is 142 Å². The van der Waals surface area contributed by atoms with Crippen LogP contribution in [0, 0.1) is 29.6 Å². The number of rotatable bonds is 4. The molecule has 5 atom stereocenters. The van der Waals surface area contributed by atoms with Crippen molar-refractivity contribution in [3.8, 4) is 5.75 Å². The lowest BCUT2D eigenvalue weighted by molar-refractivity contribution is 0.237. The lowest BCUT2D eigenvalue weighted by atomic mass is 9.82. The quantitative estimate of drug-likeness (QED) is 0.852. The van der Waals surface area contributed by atoms with Crippen molar-refractivity contribution in [1.82, 2.24) is 14.6 Å². The van der Waals surface area contributed by atoms with Gasteiger partial charge in [-0.2, -0.15) is 0 Å². The van der Waals surface area contributed by atoms with Crippen molar-refractivity contribution in [1.29, 1.82) is 0 Å². The highest BCUT2D eigenvalue weighted by molar-refractivity contribution is 5.49. The number of hydrogen-bond acceptors (Lipinski definition) is 3. The molecule has 0 aliphatic heterocycles. The monoisotopic (exact) mass is 323 g/mol. The van der Waals surface area contributed by atoms with Gasteiger partial charge in [0.25, 0.3) is 0 Å². The molecule has 0 aromatic carbocycles. The predicted molar refractivity (Wildman–Crippen MR) is 91.0 cm³/mol. The van der Waals surface area contributed by atoms with Gasteiger partial charge in [-0.15, -0.1) is 10.2 Å². The summed E-state index contributed by atoms with van der Waals surface area (Å²) in [7, 11) is 0.